The van der Waals surface area contributed by atoms with Crippen LogP contribution in [0.1, 0.15) is 37.1 Å². The van der Waals surface area contributed by atoms with Gasteiger partial charge in [0.2, 0.25) is 5.91 Å². The van der Waals surface area contributed by atoms with Crippen molar-refractivity contribution in [3.05, 3.63) is 77.5 Å². The molecule has 2 aliphatic rings. The smallest absolute Gasteiger partial charge is 0.223 e. The zero-order chi connectivity index (χ0) is 23.5. The third-order valence-electron chi connectivity index (χ3n) is 6.61. The van der Waals surface area contributed by atoms with Crippen LogP contribution in [0.5, 0.6) is 0 Å². The number of fused-ring (bicyclic) bond motifs is 1. The lowest BCUT2D eigenvalue weighted by atomic mass is 10.0. The summed E-state index contributed by atoms with van der Waals surface area (Å²) in [6.07, 6.45) is 2.28. The van der Waals surface area contributed by atoms with Crippen molar-refractivity contribution in [1.29, 1.82) is 0 Å². The lowest BCUT2D eigenvalue weighted by molar-refractivity contribution is -0.132. The number of hydrogen-bond donors (Lipinski definition) is 0. The summed E-state index contributed by atoms with van der Waals surface area (Å²) in [6.45, 7) is 7.03. The van der Waals surface area contributed by atoms with Crippen LogP contribution in [-0.2, 0) is 28.9 Å². The molecule has 2 unspecified atom stereocenters. The van der Waals surface area contributed by atoms with Crippen molar-refractivity contribution in [3.8, 4) is 11.4 Å². The largest absolute Gasteiger partial charge is 0.372 e. The fourth-order valence-electron chi connectivity index (χ4n) is 4.99. The van der Waals surface area contributed by atoms with Crippen molar-refractivity contribution in [2.45, 2.75) is 51.9 Å². The molecule has 1 saturated heterocycles. The highest BCUT2D eigenvalue weighted by Gasteiger charge is 2.31. The zero-order valence-corrected chi connectivity index (χ0v) is 20.0. The van der Waals surface area contributed by atoms with Gasteiger partial charge >= 0.3 is 0 Å². The summed E-state index contributed by atoms with van der Waals surface area (Å²) in [5.74, 6) is 1.90. The second kappa shape index (κ2) is 9.94. The average Bonchev–Trinajstić information content (AvgIpc) is 2.87. The standard InChI is InChI=1S/C28H32N4O2/c1-20-17-32(18-21(2)34-20)28-24-19-31(26(33)14-13-22-9-5-3-6-10-22)16-15-25(24)29-27(30-28)23-11-7-4-8-12-23/h3-12,20-21H,13-19H2,1-2H3. The third-order valence-corrected chi connectivity index (χ3v) is 6.61. The van der Waals surface area contributed by atoms with Gasteiger partial charge in [0.15, 0.2) is 5.82 Å². The number of aryl methyl sites for hydroxylation is 1. The molecule has 0 N–H and O–H groups in total. The van der Waals surface area contributed by atoms with Crippen LogP contribution >= 0.6 is 0 Å². The first-order chi connectivity index (χ1) is 16.6. The summed E-state index contributed by atoms with van der Waals surface area (Å²) < 4.78 is 5.98. The number of nitrogens with zero attached hydrogens (tertiary/aromatic N) is 4. The molecule has 0 bridgehead atoms. The number of hydrogen-bond acceptors (Lipinski definition) is 5. The molecule has 2 aliphatic heterocycles. The molecule has 176 valence electrons. The molecule has 6 nitrogen and oxygen atoms in total. The van der Waals surface area contributed by atoms with Gasteiger partial charge in [0.1, 0.15) is 5.82 Å². The first-order valence-corrected chi connectivity index (χ1v) is 12.2. The summed E-state index contributed by atoms with van der Waals surface area (Å²) in [6, 6.07) is 20.4. The second-order valence-electron chi connectivity index (χ2n) is 9.38. The molecular weight excluding hydrogens is 424 g/mol. The van der Waals surface area contributed by atoms with Crippen molar-refractivity contribution >= 4 is 11.7 Å². The number of morpholine rings is 1. The zero-order valence-electron chi connectivity index (χ0n) is 20.0. The lowest BCUT2D eigenvalue weighted by Gasteiger charge is -2.39. The normalized spacial score (nSPS) is 20.2. The Kier molecular flexibility index (Phi) is 6.59. The second-order valence-corrected chi connectivity index (χ2v) is 9.38. The first-order valence-electron chi connectivity index (χ1n) is 12.2. The van der Waals surface area contributed by atoms with Gasteiger partial charge in [0.05, 0.1) is 24.4 Å². The van der Waals surface area contributed by atoms with E-state index in [2.05, 4.69) is 43.0 Å². The Labute approximate surface area is 201 Å². The van der Waals surface area contributed by atoms with Crippen LogP contribution < -0.4 is 4.90 Å². The molecule has 1 amide bonds. The molecule has 1 fully saturated rings. The predicted molar refractivity (Wildman–Crippen MR) is 134 cm³/mol. The van der Waals surface area contributed by atoms with Crippen LogP contribution in [0.15, 0.2) is 60.7 Å². The minimum absolute atomic E-state index is 0.127. The Morgan fingerprint density at radius 2 is 1.65 bits per heavy atom. The van der Waals surface area contributed by atoms with Crippen LogP contribution in [0.4, 0.5) is 5.82 Å². The SMILES string of the molecule is CC1CN(c2nc(-c3ccccc3)nc3c2CN(C(=O)CCc2ccccc2)CC3)CC(C)O1. The summed E-state index contributed by atoms with van der Waals surface area (Å²) >= 11 is 0. The number of ether oxygens (including phenoxy) is 1. The average molecular weight is 457 g/mol. The van der Waals surface area contributed by atoms with E-state index in [0.717, 1.165) is 54.4 Å². The molecule has 1 aromatic heterocycles. The van der Waals surface area contributed by atoms with Crippen molar-refractivity contribution < 1.29 is 9.53 Å². The lowest BCUT2D eigenvalue weighted by Crippen LogP contribution is -2.47. The maximum absolute atomic E-state index is 13.1. The van der Waals surface area contributed by atoms with E-state index in [1.165, 1.54) is 5.56 Å². The summed E-state index contributed by atoms with van der Waals surface area (Å²) in [5, 5.41) is 0. The highest BCUT2D eigenvalue weighted by Crippen LogP contribution is 2.31. The van der Waals surface area contributed by atoms with Crippen molar-refractivity contribution in [2.24, 2.45) is 0 Å². The number of carbonyl (C=O) groups excluding carboxylic acids is 1. The number of benzene rings is 2. The van der Waals surface area contributed by atoms with E-state index >= 15 is 0 Å². The van der Waals surface area contributed by atoms with Gasteiger partial charge in [0.25, 0.3) is 0 Å². The highest BCUT2D eigenvalue weighted by molar-refractivity contribution is 5.77. The van der Waals surface area contributed by atoms with E-state index < -0.39 is 0 Å². The Morgan fingerprint density at radius 3 is 2.35 bits per heavy atom. The van der Waals surface area contributed by atoms with Gasteiger partial charge in [-0.2, -0.15) is 0 Å². The number of rotatable bonds is 5. The molecule has 0 aliphatic carbocycles. The summed E-state index contributed by atoms with van der Waals surface area (Å²) in [4.78, 5) is 27.4. The first kappa shape index (κ1) is 22.5. The van der Waals surface area contributed by atoms with E-state index in [1.807, 2.05) is 41.3 Å². The summed E-state index contributed by atoms with van der Waals surface area (Å²) in [7, 11) is 0. The molecule has 3 aromatic rings. The Hall–Kier alpha value is -3.25. The van der Waals surface area contributed by atoms with E-state index in [0.29, 0.717) is 19.5 Å². The van der Waals surface area contributed by atoms with Crippen LogP contribution in [0.25, 0.3) is 11.4 Å². The van der Waals surface area contributed by atoms with E-state index in [4.69, 9.17) is 14.7 Å². The molecular formula is C28H32N4O2. The van der Waals surface area contributed by atoms with Gasteiger partial charge in [-0.05, 0) is 25.8 Å². The van der Waals surface area contributed by atoms with Crippen molar-refractivity contribution in [3.63, 3.8) is 0 Å². The van der Waals surface area contributed by atoms with Gasteiger partial charge in [-0.15, -0.1) is 0 Å². The van der Waals surface area contributed by atoms with E-state index in [-0.39, 0.29) is 18.1 Å². The monoisotopic (exact) mass is 456 g/mol. The Morgan fingerprint density at radius 1 is 0.971 bits per heavy atom. The highest BCUT2D eigenvalue weighted by atomic mass is 16.5. The van der Waals surface area contributed by atoms with Crippen molar-refractivity contribution in [1.82, 2.24) is 14.9 Å². The van der Waals surface area contributed by atoms with Crippen LogP contribution in [0.2, 0.25) is 0 Å². The molecule has 34 heavy (non-hydrogen) atoms. The fourth-order valence-corrected chi connectivity index (χ4v) is 4.99. The van der Waals surface area contributed by atoms with E-state index in [1.54, 1.807) is 0 Å². The third kappa shape index (κ3) is 4.97. The number of anilines is 1. The van der Waals surface area contributed by atoms with E-state index in [9.17, 15) is 4.79 Å². The number of amides is 1. The number of carbonyl (C=O) groups is 1. The van der Waals surface area contributed by atoms with Crippen LogP contribution in [0.3, 0.4) is 0 Å². The molecule has 6 heteroatoms. The molecule has 3 heterocycles. The van der Waals surface area contributed by atoms with Crippen LogP contribution in [0, 0.1) is 0 Å². The molecule has 0 saturated carbocycles. The van der Waals surface area contributed by atoms with Gasteiger partial charge in [0, 0.05) is 43.6 Å². The molecule has 2 atom stereocenters. The van der Waals surface area contributed by atoms with Crippen molar-refractivity contribution in [2.75, 3.05) is 24.5 Å². The quantitative estimate of drug-likeness (QED) is 0.574. The Balaban J connectivity index is 1.43. The summed E-state index contributed by atoms with van der Waals surface area (Å²) in [5.41, 5.74) is 4.35. The maximum atomic E-state index is 13.1. The minimum atomic E-state index is 0.127. The topological polar surface area (TPSA) is 58.6 Å². The van der Waals surface area contributed by atoms with Crippen LogP contribution in [-0.4, -0.2) is 52.6 Å². The van der Waals surface area contributed by atoms with Gasteiger partial charge in [-0.25, -0.2) is 9.97 Å². The minimum Gasteiger partial charge on any atom is -0.372 e. The van der Waals surface area contributed by atoms with Gasteiger partial charge < -0.3 is 14.5 Å². The molecule has 0 radical (unpaired) electrons. The maximum Gasteiger partial charge on any atom is 0.223 e. The molecule has 0 spiro atoms. The van der Waals surface area contributed by atoms with Gasteiger partial charge in [-0.3, -0.25) is 4.79 Å². The predicted octanol–water partition coefficient (Wildman–Crippen LogP) is 4.27. The molecule has 2 aromatic carbocycles. The molecule has 5 rings (SSSR count). The number of aromatic nitrogens is 2. The van der Waals surface area contributed by atoms with Gasteiger partial charge in [-0.1, -0.05) is 60.7 Å². The Bertz CT molecular complexity index is 1130. The fraction of sp³-hybridized carbons (Fsp3) is 0.393.